The zero-order valence-electron chi connectivity index (χ0n) is 17.0. The summed E-state index contributed by atoms with van der Waals surface area (Å²) in [6.07, 6.45) is -1.67. The molecule has 11 heteroatoms. The summed E-state index contributed by atoms with van der Waals surface area (Å²) in [4.78, 5) is 37.6. The molecule has 0 aromatic heterocycles. The summed E-state index contributed by atoms with van der Waals surface area (Å²) in [5, 5.41) is 12.2. The average molecular weight is 459 g/mol. The van der Waals surface area contributed by atoms with Crippen molar-refractivity contribution in [2.75, 3.05) is 13.2 Å². The lowest BCUT2D eigenvalue weighted by Gasteiger charge is -2.43. The SMILES string of the molecule is Cc1ccc(S(=O)(=O)N2CC3[C@H](NC(=O)COc4ccccc4)C(=O)N3C2C(=O)O)cc1. The fourth-order valence-electron chi connectivity index (χ4n) is 3.84. The predicted octanol–water partition coefficient (Wildman–Crippen LogP) is 0.185. The number of carboxylic acid groups (broad SMARTS) is 1. The van der Waals surface area contributed by atoms with Crippen LogP contribution in [0.3, 0.4) is 0 Å². The van der Waals surface area contributed by atoms with Crippen molar-refractivity contribution in [1.82, 2.24) is 14.5 Å². The fourth-order valence-corrected chi connectivity index (χ4v) is 5.40. The van der Waals surface area contributed by atoms with Crippen molar-refractivity contribution < 1.29 is 32.6 Å². The van der Waals surface area contributed by atoms with Gasteiger partial charge in [0.25, 0.3) is 5.91 Å². The summed E-state index contributed by atoms with van der Waals surface area (Å²) in [5.74, 6) is -2.21. The predicted molar refractivity (Wildman–Crippen MR) is 111 cm³/mol. The Bertz CT molecular complexity index is 1150. The number of nitrogens with one attached hydrogen (secondary N) is 1. The second-order valence-electron chi connectivity index (χ2n) is 7.56. The molecular weight excluding hydrogens is 438 g/mol. The van der Waals surface area contributed by atoms with Crippen molar-refractivity contribution >= 4 is 27.8 Å². The highest BCUT2D eigenvalue weighted by atomic mass is 32.2. The van der Waals surface area contributed by atoms with Crippen LogP contribution < -0.4 is 10.1 Å². The fraction of sp³-hybridized carbons (Fsp3) is 0.286. The third-order valence-corrected chi connectivity index (χ3v) is 7.28. The molecule has 2 aromatic carbocycles. The van der Waals surface area contributed by atoms with E-state index >= 15 is 0 Å². The third-order valence-electron chi connectivity index (χ3n) is 5.44. The number of hydrogen-bond donors (Lipinski definition) is 2. The number of aliphatic carboxylic acids is 1. The summed E-state index contributed by atoms with van der Waals surface area (Å²) in [6.45, 7) is 1.21. The minimum absolute atomic E-state index is 0.0684. The molecule has 2 aliphatic heterocycles. The molecule has 2 amide bonds. The molecular formula is C21H21N3O7S. The molecule has 0 radical (unpaired) electrons. The Morgan fingerprint density at radius 1 is 1.12 bits per heavy atom. The van der Waals surface area contributed by atoms with Crippen LogP contribution in [0.25, 0.3) is 0 Å². The van der Waals surface area contributed by atoms with Gasteiger partial charge in [-0.1, -0.05) is 35.9 Å². The number of hydrogen-bond acceptors (Lipinski definition) is 6. The monoisotopic (exact) mass is 459 g/mol. The van der Waals surface area contributed by atoms with E-state index in [9.17, 15) is 27.9 Å². The number of ether oxygens (including phenoxy) is 1. The van der Waals surface area contributed by atoms with Gasteiger partial charge in [0.1, 0.15) is 11.8 Å². The van der Waals surface area contributed by atoms with E-state index in [4.69, 9.17) is 4.74 Å². The Morgan fingerprint density at radius 2 is 1.78 bits per heavy atom. The van der Waals surface area contributed by atoms with Crippen molar-refractivity contribution in [1.29, 1.82) is 0 Å². The zero-order chi connectivity index (χ0) is 23.0. The smallest absolute Gasteiger partial charge is 0.342 e. The quantitative estimate of drug-likeness (QED) is 0.565. The number of aryl methyl sites for hydroxylation is 1. The second kappa shape index (κ2) is 8.24. The molecule has 0 bridgehead atoms. The minimum atomic E-state index is -4.18. The zero-order valence-corrected chi connectivity index (χ0v) is 17.9. The van der Waals surface area contributed by atoms with E-state index in [-0.39, 0.29) is 18.0 Å². The number of β-lactam (4-membered cyclic amide) rings is 1. The number of fused-ring (bicyclic) bond motifs is 1. The van der Waals surface area contributed by atoms with Crippen molar-refractivity contribution in [2.45, 2.75) is 30.1 Å². The third kappa shape index (κ3) is 3.80. The Labute approximate surface area is 184 Å². The molecule has 32 heavy (non-hydrogen) atoms. The molecule has 168 valence electrons. The number of nitrogens with zero attached hydrogens (tertiary/aromatic N) is 2. The first-order valence-electron chi connectivity index (χ1n) is 9.81. The van der Waals surface area contributed by atoms with Crippen LogP contribution in [0.4, 0.5) is 0 Å². The first-order valence-corrected chi connectivity index (χ1v) is 11.2. The Balaban J connectivity index is 1.48. The summed E-state index contributed by atoms with van der Waals surface area (Å²) in [5.41, 5.74) is 0.847. The van der Waals surface area contributed by atoms with Crippen LogP contribution in [-0.2, 0) is 24.4 Å². The van der Waals surface area contributed by atoms with Crippen LogP contribution in [0.1, 0.15) is 5.56 Å². The van der Waals surface area contributed by atoms with Crippen LogP contribution in [-0.4, -0.2) is 71.9 Å². The summed E-state index contributed by atoms with van der Waals surface area (Å²) in [6, 6.07) is 12.8. The summed E-state index contributed by atoms with van der Waals surface area (Å²) in [7, 11) is -4.18. The van der Waals surface area contributed by atoms with Crippen LogP contribution in [0.15, 0.2) is 59.5 Å². The van der Waals surface area contributed by atoms with Gasteiger partial charge in [0, 0.05) is 6.54 Å². The largest absolute Gasteiger partial charge is 0.484 e. The van der Waals surface area contributed by atoms with Gasteiger partial charge in [-0.15, -0.1) is 0 Å². The number of carboxylic acids is 1. The maximum Gasteiger partial charge on any atom is 0.342 e. The lowest BCUT2D eigenvalue weighted by molar-refractivity contribution is -0.163. The highest BCUT2D eigenvalue weighted by Gasteiger charge is 2.62. The highest BCUT2D eigenvalue weighted by molar-refractivity contribution is 7.89. The average Bonchev–Trinajstić information content (AvgIpc) is 3.14. The number of carbonyl (C=O) groups is 3. The van der Waals surface area contributed by atoms with E-state index in [0.717, 1.165) is 14.8 Å². The number of benzene rings is 2. The van der Waals surface area contributed by atoms with Gasteiger partial charge in [-0.25, -0.2) is 13.2 Å². The number of amides is 2. The molecule has 2 unspecified atom stereocenters. The lowest BCUT2D eigenvalue weighted by atomic mass is 9.96. The molecule has 3 atom stereocenters. The van der Waals surface area contributed by atoms with Crippen LogP contribution in [0.5, 0.6) is 5.75 Å². The van der Waals surface area contributed by atoms with Gasteiger partial charge in [0.2, 0.25) is 15.9 Å². The van der Waals surface area contributed by atoms with Crippen molar-refractivity contribution in [3.05, 3.63) is 60.2 Å². The van der Waals surface area contributed by atoms with E-state index in [1.807, 2.05) is 0 Å². The normalized spacial score (nSPS) is 22.7. The van der Waals surface area contributed by atoms with E-state index in [1.54, 1.807) is 49.4 Å². The van der Waals surface area contributed by atoms with Crippen molar-refractivity contribution in [3.63, 3.8) is 0 Å². The molecule has 2 N–H and O–H groups in total. The number of rotatable bonds is 7. The van der Waals surface area contributed by atoms with E-state index < -0.39 is 46.1 Å². The first-order chi connectivity index (χ1) is 15.2. The standard InChI is InChI=1S/C21H21N3O7S/c1-13-7-9-15(10-8-13)32(29,30)23-11-16-18(20(26)24(16)19(23)21(27)28)22-17(25)12-31-14-5-3-2-4-6-14/h2-10,16,18-19H,11-12H2,1H3,(H,22,25)(H,27,28)/t16?,18-,19?/m0/s1. The van der Waals surface area contributed by atoms with E-state index in [2.05, 4.69) is 5.32 Å². The van der Waals surface area contributed by atoms with Crippen molar-refractivity contribution in [3.8, 4) is 5.75 Å². The first kappa shape index (κ1) is 21.8. The highest BCUT2D eigenvalue weighted by Crippen LogP contribution is 2.36. The molecule has 0 spiro atoms. The molecule has 0 saturated carbocycles. The molecule has 2 saturated heterocycles. The molecule has 0 aliphatic carbocycles. The van der Waals surface area contributed by atoms with Gasteiger partial charge < -0.3 is 20.1 Å². The molecule has 2 aliphatic rings. The van der Waals surface area contributed by atoms with Gasteiger partial charge in [0.05, 0.1) is 10.9 Å². The number of carbonyl (C=O) groups excluding carboxylic acids is 2. The molecule has 2 fully saturated rings. The van der Waals surface area contributed by atoms with Gasteiger partial charge in [-0.05, 0) is 31.2 Å². The Hall–Kier alpha value is -3.44. The van der Waals surface area contributed by atoms with Gasteiger partial charge in [0.15, 0.2) is 12.8 Å². The summed E-state index contributed by atoms with van der Waals surface area (Å²) < 4.78 is 32.3. The molecule has 2 aromatic rings. The molecule has 10 nitrogen and oxygen atoms in total. The van der Waals surface area contributed by atoms with Crippen LogP contribution >= 0.6 is 0 Å². The maximum absolute atomic E-state index is 13.1. The minimum Gasteiger partial charge on any atom is -0.484 e. The van der Waals surface area contributed by atoms with Crippen LogP contribution in [0.2, 0.25) is 0 Å². The summed E-state index contributed by atoms with van der Waals surface area (Å²) >= 11 is 0. The van der Waals surface area contributed by atoms with Crippen LogP contribution in [0, 0.1) is 6.92 Å². The van der Waals surface area contributed by atoms with E-state index in [1.165, 1.54) is 12.1 Å². The van der Waals surface area contributed by atoms with Gasteiger partial charge >= 0.3 is 5.97 Å². The Kier molecular flexibility index (Phi) is 5.61. The Morgan fingerprint density at radius 3 is 2.41 bits per heavy atom. The molecule has 2 heterocycles. The van der Waals surface area contributed by atoms with Gasteiger partial charge in [-0.2, -0.15) is 4.31 Å². The molecule has 4 rings (SSSR count). The maximum atomic E-state index is 13.1. The van der Waals surface area contributed by atoms with Crippen molar-refractivity contribution in [2.24, 2.45) is 0 Å². The van der Waals surface area contributed by atoms with E-state index in [0.29, 0.717) is 5.75 Å². The number of para-hydroxylation sites is 1. The lowest BCUT2D eigenvalue weighted by Crippen LogP contribution is -2.71. The number of sulfonamides is 1. The second-order valence-corrected chi connectivity index (χ2v) is 9.45. The topological polar surface area (TPSA) is 133 Å². The van der Waals surface area contributed by atoms with Gasteiger partial charge in [-0.3, -0.25) is 9.59 Å².